The van der Waals surface area contributed by atoms with Crippen LogP contribution in [0.4, 0.5) is 10.2 Å². The predicted octanol–water partition coefficient (Wildman–Crippen LogP) is 6.07. The van der Waals surface area contributed by atoms with E-state index >= 15 is 0 Å². The first kappa shape index (κ1) is 27.3. The number of carbonyl (C=O) groups is 1. The monoisotopic (exact) mass is 554 g/mol. The van der Waals surface area contributed by atoms with Gasteiger partial charge in [-0.3, -0.25) is 14.6 Å². The summed E-state index contributed by atoms with van der Waals surface area (Å²) in [6.07, 6.45) is 7.07. The summed E-state index contributed by atoms with van der Waals surface area (Å²) in [4.78, 5) is 35.1. The Kier molecular flexibility index (Phi) is 7.91. The van der Waals surface area contributed by atoms with E-state index in [1.54, 1.807) is 61.5 Å². The molecule has 0 bridgehead atoms. The highest BCUT2D eigenvalue weighted by molar-refractivity contribution is 6.04. The SMILES string of the molecule is CCCn1cc(C(=O)Nc2ccc(Oc3ccnc4cc(OC)c(OC)cc34)cn2)c(=O)c(-c2ccc(F)cc2)c1. The first-order valence-corrected chi connectivity index (χ1v) is 12.9. The van der Waals surface area contributed by atoms with Crippen LogP contribution in [0.25, 0.3) is 22.0 Å². The molecule has 0 spiro atoms. The van der Waals surface area contributed by atoms with Crippen molar-refractivity contribution in [2.75, 3.05) is 19.5 Å². The molecule has 0 aliphatic carbocycles. The van der Waals surface area contributed by atoms with E-state index < -0.39 is 17.2 Å². The second-order valence-corrected chi connectivity index (χ2v) is 9.13. The average Bonchev–Trinajstić information content (AvgIpc) is 2.99. The molecule has 2 aromatic carbocycles. The molecule has 0 saturated heterocycles. The maximum atomic E-state index is 13.5. The third-order valence-electron chi connectivity index (χ3n) is 6.37. The van der Waals surface area contributed by atoms with Crippen molar-refractivity contribution in [1.29, 1.82) is 0 Å². The van der Waals surface area contributed by atoms with E-state index in [4.69, 9.17) is 14.2 Å². The van der Waals surface area contributed by atoms with Crippen molar-refractivity contribution in [2.45, 2.75) is 19.9 Å². The van der Waals surface area contributed by atoms with Crippen LogP contribution in [-0.4, -0.2) is 34.7 Å². The average molecular weight is 555 g/mol. The molecule has 0 aliphatic heterocycles. The van der Waals surface area contributed by atoms with Crippen molar-refractivity contribution < 1.29 is 23.4 Å². The number of methoxy groups -OCH3 is 2. The summed E-state index contributed by atoms with van der Waals surface area (Å²) in [5, 5.41) is 3.40. The number of rotatable bonds is 9. The van der Waals surface area contributed by atoms with E-state index in [-0.39, 0.29) is 11.4 Å². The molecule has 1 amide bonds. The van der Waals surface area contributed by atoms with Crippen LogP contribution in [0, 0.1) is 5.82 Å². The van der Waals surface area contributed by atoms with Crippen LogP contribution >= 0.6 is 0 Å². The molecular formula is C31H27FN4O5. The minimum Gasteiger partial charge on any atom is -0.493 e. The van der Waals surface area contributed by atoms with Gasteiger partial charge in [0.05, 0.1) is 25.9 Å². The smallest absolute Gasteiger partial charge is 0.262 e. The molecule has 0 unspecified atom stereocenters. The fourth-order valence-electron chi connectivity index (χ4n) is 4.38. The number of aromatic nitrogens is 3. The molecule has 0 aliphatic rings. The lowest BCUT2D eigenvalue weighted by molar-refractivity contribution is 0.102. The summed E-state index contributed by atoms with van der Waals surface area (Å²) in [6, 6.07) is 14.1. The van der Waals surface area contributed by atoms with E-state index in [0.717, 1.165) is 6.42 Å². The first-order chi connectivity index (χ1) is 19.9. The lowest BCUT2D eigenvalue weighted by Crippen LogP contribution is -2.25. The van der Waals surface area contributed by atoms with Gasteiger partial charge < -0.3 is 24.1 Å². The molecule has 0 radical (unpaired) electrons. The number of amides is 1. The molecule has 3 heterocycles. The molecule has 41 heavy (non-hydrogen) atoms. The topological polar surface area (TPSA) is 105 Å². The highest BCUT2D eigenvalue weighted by Gasteiger charge is 2.17. The van der Waals surface area contributed by atoms with Crippen LogP contribution < -0.4 is 25.0 Å². The Labute approximate surface area is 235 Å². The Morgan fingerprint density at radius 2 is 1.71 bits per heavy atom. The fourth-order valence-corrected chi connectivity index (χ4v) is 4.38. The number of ether oxygens (including phenoxy) is 3. The Balaban J connectivity index is 1.38. The molecule has 0 saturated carbocycles. The molecule has 208 valence electrons. The first-order valence-electron chi connectivity index (χ1n) is 12.9. The van der Waals surface area contributed by atoms with Crippen LogP contribution in [0.3, 0.4) is 0 Å². The summed E-state index contributed by atoms with van der Waals surface area (Å²) in [5.74, 6) is 1.27. The van der Waals surface area contributed by atoms with Gasteiger partial charge in [-0.05, 0) is 48.4 Å². The van der Waals surface area contributed by atoms with Crippen molar-refractivity contribution in [3.63, 3.8) is 0 Å². The van der Waals surface area contributed by atoms with Crippen molar-refractivity contribution in [3.8, 4) is 34.1 Å². The second kappa shape index (κ2) is 11.9. The van der Waals surface area contributed by atoms with Gasteiger partial charge in [-0.1, -0.05) is 19.1 Å². The third kappa shape index (κ3) is 5.86. The molecular weight excluding hydrogens is 527 g/mol. The maximum absolute atomic E-state index is 13.5. The minimum atomic E-state index is -0.605. The number of anilines is 1. The molecule has 0 atom stereocenters. The normalized spacial score (nSPS) is 10.8. The van der Waals surface area contributed by atoms with E-state index in [1.807, 2.05) is 6.92 Å². The van der Waals surface area contributed by atoms with E-state index in [2.05, 4.69) is 15.3 Å². The summed E-state index contributed by atoms with van der Waals surface area (Å²) in [5.41, 5.74) is 0.985. The Morgan fingerprint density at radius 3 is 2.39 bits per heavy atom. The Hall–Kier alpha value is -5.25. The van der Waals surface area contributed by atoms with Crippen molar-refractivity contribution in [1.82, 2.24) is 14.5 Å². The summed E-state index contributed by atoms with van der Waals surface area (Å²) < 4.78 is 32.0. The zero-order valence-electron chi connectivity index (χ0n) is 22.7. The van der Waals surface area contributed by atoms with Crippen LogP contribution in [0.5, 0.6) is 23.0 Å². The lowest BCUT2D eigenvalue weighted by atomic mass is 10.0. The Bertz CT molecular complexity index is 1770. The quantitative estimate of drug-likeness (QED) is 0.236. The standard InChI is InChI=1S/C31H27FN4O5/c1-4-13-36-17-23(19-5-7-20(32)8-6-19)30(37)24(18-36)31(38)35-29-10-9-21(16-34-29)41-26-11-12-33-25-15-28(40-3)27(39-2)14-22(25)26/h5-12,14-18H,4,13H2,1-3H3,(H,34,35,38). The predicted molar refractivity (Wildman–Crippen MR) is 153 cm³/mol. The number of hydrogen-bond donors (Lipinski definition) is 1. The van der Waals surface area contributed by atoms with Crippen LogP contribution in [0.15, 0.2) is 84.2 Å². The van der Waals surface area contributed by atoms with Gasteiger partial charge in [0.15, 0.2) is 11.5 Å². The Morgan fingerprint density at radius 1 is 0.951 bits per heavy atom. The highest BCUT2D eigenvalue weighted by Crippen LogP contribution is 2.36. The molecule has 1 N–H and O–H groups in total. The second-order valence-electron chi connectivity index (χ2n) is 9.13. The number of halogens is 1. The zero-order chi connectivity index (χ0) is 28.9. The van der Waals surface area contributed by atoms with Gasteiger partial charge in [-0.2, -0.15) is 0 Å². The zero-order valence-corrected chi connectivity index (χ0v) is 22.7. The number of nitrogens with zero attached hydrogens (tertiary/aromatic N) is 3. The van der Waals surface area contributed by atoms with Crippen molar-refractivity contribution in [2.24, 2.45) is 0 Å². The van der Waals surface area contributed by atoms with Crippen molar-refractivity contribution in [3.05, 3.63) is 101 Å². The van der Waals surface area contributed by atoms with Gasteiger partial charge >= 0.3 is 0 Å². The van der Waals surface area contributed by atoms with Gasteiger partial charge in [0.1, 0.15) is 28.7 Å². The van der Waals surface area contributed by atoms with Gasteiger partial charge in [-0.25, -0.2) is 9.37 Å². The number of hydrogen-bond acceptors (Lipinski definition) is 7. The van der Waals surface area contributed by atoms with Gasteiger partial charge in [0, 0.05) is 42.2 Å². The fraction of sp³-hybridized carbons (Fsp3) is 0.161. The van der Waals surface area contributed by atoms with Gasteiger partial charge in [-0.15, -0.1) is 0 Å². The summed E-state index contributed by atoms with van der Waals surface area (Å²) in [7, 11) is 3.11. The van der Waals surface area contributed by atoms with E-state index in [9.17, 15) is 14.0 Å². The summed E-state index contributed by atoms with van der Waals surface area (Å²) in [6.45, 7) is 2.59. The van der Waals surface area contributed by atoms with E-state index in [0.29, 0.717) is 51.6 Å². The molecule has 3 aromatic heterocycles. The number of aryl methyl sites for hydroxylation is 1. The van der Waals surface area contributed by atoms with Crippen molar-refractivity contribution >= 4 is 22.6 Å². The molecule has 5 aromatic rings. The van der Waals surface area contributed by atoms with Gasteiger partial charge in [0.25, 0.3) is 5.91 Å². The summed E-state index contributed by atoms with van der Waals surface area (Å²) >= 11 is 0. The molecule has 0 fully saturated rings. The number of fused-ring (bicyclic) bond motifs is 1. The molecule has 9 nitrogen and oxygen atoms in total. The number of nitrogens with one attached hydrogen (secondary N) is 1. The van der Waals surface area contributed by atoms with Crippen LogP contribution in [0.2, 0.25) is 0 Å². The van der Waals surface area contributed by atoms with Crippen LogP contribution in [0.1, 0.15) is 23.7 Å². The lowest BCUT2D eigenvalue weighted by Gasteiger charge is -2.13. The largest absolute Gasteiger partial charge is 0.493 e. The van der Waals surface area contributed by atoms with Gasteiger partial charge in [0.2, 0.25) is 5.43 Å². The number of carbonyl (C=O) groups excluding carboxylic acids is 1. The molecule has 5 rings (SSSR count). The molecule has 10 heteroatoms. The third-order valence-corrected chi connectivity index (χ3v) is 6.37. The number of pyridine rings is 3. The van der Waals surface area contributed by atoms with E-state index in [1.165, 1.54) is 36.7 Å². The minimum absolute atomic E-state index is 0.0463. The van der Waals surface area contributed by atoms with Crippen LogP contribution in [-0.2, 0) is 6.54 Å². The number of benzene rings is 2. The highest BCUT2D eigenvalue weighted by atomic mass is 19.1. The maximum Gasteiger partial charge on any atom is 0.262 e.